The van der Waals surface area contributed by atoms with Gasteiger partial charge in [-0.05, 0) is 60.3 Å². The zero-order valence-electron chi connectivity index (χ0n) is 14.4. The molecule has 6 heteroatoms. The van der Waals surface area contributed by atoms with E-state index in [0.29, 0.717) is 5.75 Å². The van der Waals surface area contributed by atoms with Gasteiger partial charge in [0.1, 0.15) is 5.75 Å². The first-order chi connectivity index (χ1) is 12.1. The third-order valence-electron chi connectivity index (χ3n) is 4.19. The number of carboxylic acid groups (broad SMARTS) is 1. The van der Waals surface area contributed by atoms with Crippen LogP contribution in [0.25, 0.3) is 0 Å². The molecule has 0 bridgehead atoms. The lowest BCUT2D eigenvalue weighted by molar-refractivity contribution is -0.122. The number of fused-ring (bicyclic) bond motifs is 1. The van der Waals surface area contributed by atoms with Crippen molar-refractivity contribution in [2.24, 2.45) is 0 Å². The van der Waals surface area contributed by atoms with E-state index in [1.165, 1.54) is 11.1 Å². The molecule has 2 aromatic rings. The Balaban J connectivity index is 0.000000701. The van der Waals surface area contributed by atoms with Crippen molar-refractivity contribution in [2.75, 3.05) is 20.8 Å². The molecule has 0 aliphatic carbocycles. The van der Waals surface area contributed by atoms with Crippen LogP contribution in [0.15, 0.2) is 36.4 Å². The molecule has 1 aliphatic heterocycles. The lowest BCUT2D eigenvalue weighted by Crippen LogP contribution is -2.31. The van der Waals surface area contributed by atoms with Gasteiger partial charge in [-0.15, -0.1) is 0 Å². The highest BCUT2D eigenvalue weighted by atomic mass is 16.5. The minimum atomic E-state index is -0.250. The third kappa shape index (κ3) is 4.64. The Morgan fingerprint density at radius 1 is 1.20 bits per heavy atom. The smallest absolute Gasteiger partial charge is 0.290 e. The van der Waals surface area contributed by atoms with Crippen molar-refractivity contribution in [1.82, 2.24) is 5.32 Å². The highest BCUT2D eigenvalue weighted by Crippen LogP contribution is 2.31. The van der Waals surface area contributed by atoms with Crippen LogP contribution in [0.1, 0.15) is 22.7 Å². The highest BCUT2D eigenvalue weighted by Gasteiger charge is 2.20. The normalized spacial score (nSPS) is 15.4. The maximum Gasteiger partial charge on any atom is 0.290 e. The van der Waals surface area contributed by atoms with Crippen LogP contribution in [0.5, 0.6) is 17.2 Å². The van der Waals surface area contributed by atoms with Gasteiger partial charge in [-0.2, -0.15) is 0 Å². The fraction of sp³-hybridized carbons (Fsp3) is 0.316. The van der Waals surface area contributed by atoms with E-state index in [-0.39, 0.29) is 18.3 Å². The maximum atomic E-state index is 9.92. The van der Waals surface area contributed by atoms with E-state index in [0.717, 1.165) is 30.7 Å². The first-order valence-electron chi connectivity index (χ1n) is 7.96. The first kappa shape index (κ1) is 18.6. The predicted molar refractivity (Wildman–Crippen MR) is 94.5 cm³/mol. The van der Waals surface area contributed by atoms with Crippen molar-refractivity contribution in [2.45, 2.75) is 18.9 Å². The summed E-state index contributed by atoms with van der Waals surface area (Å²) in [5, 5.41) is 20.4. The van der Waals surface area contributed by atoms with Gasteiger partial charge in [0.25, 0.3) is 6.47 Å². The Labute approximate surface area is 147 Å². The molecule has 1 atom stereocenters. The molecule has 3 N–H and O–H groups in total. The Kier molecular flexibility index (Phi) is 6.65. The molecule has 0 amide bonds. The Hall–Kier alpha value is -2.73. The topological polar surface area (TPSA) is 88.0 Å². The average molecular weight is 345 g/mol. The van der Waals surface area contributed by atoms with Crippen LogP contribution < -0.4 is 14.8 Å². The van der Waals surface area contributed by atoms with Crippen LogP contribution >= 0.6 is 0 Å². The molecule has 1 aliphatic rings. The summed E-state index contributed by atoms with van der Waals surface area (Å²) in [4.78, 5) is 8.36. The van der Waals surface area contributed by atoms with Crippen LogP contribution in [0, 0.1) is 0 Å². The van der Waals surface area contributed by atoms with E-state index >= 15 is 0 Å². The molecule has 1 unspecified atom stereocenters. The number of ether oxygens (including phenoxy) is 2. The van der Waals surface area contributed by atoms with Crippen LogP contribution in [0.3, 0.4) is 0 Å². The zero-order valence-corrected chi connectivity index (χ0v) is 14.4. The zero-order chi connectivity index (χ0) is 18.2. The number of methoxy groups -OCH3 is 2. The lowest BCUT2D eigenvalue weighted by atomic mass is 9.90. The summed E-state index contributed by atoms with van der Waals surface area (Å²) in [6, 6.07) is 12.1. The molecule has 0 spiro atoms. The van der Waals surface area contributed by atoms with Gasteiger partial charge in [-0.3, -0.25) is 4.79 Å². The summed E-state index contributed by atoms with van der Waals surface area (Å²) in [6.07, 6.45) is 1.84. The Morgan fingerprint density at radius 3 is 2.60 bits per heavy atom. The third-order valence-corrected chi connectivity index (χ3v) is 4.19. The van der Waals surface area contributed by atoms with Crippen molar-refractivity contribution in [3.05, 3.63) is 53.1 Å². The van der Waals surface area contributed by atoms with E-state index in [1.54, 1.807) is 20.3 Å². The molecule has 25 heavy (non-hydrogen) atoms. The number of carbonyl (C=O) groups is 1. The van der Waals surface area contributed by atoms with Crippen molar-refractivity contribution >= 4 is 6.47 Å². The predicted octanol–water partition coefficient (Wildman–Crippen LogP) is 2.54. The van der Waals surface area contributed by atoms with Gasteiger partial charge in [0, 0.05) is 6.04 Å². The van der Waals surface area contributed by atoms with Crippen molar-refractivity contribution < 1.29 is 24.5 Å². The number of phenols is 1. The molecule has 0 saturated heterocycles. The van der Waals surface area contributed by atoms with Gasteiger partial charge in [0.2, 0.25) is 0 Å². The molecule has 3 rings (SSSR count). The molecule has 0 radical (unpaired) electrons. The van der Waals surface area contributed by atoms with Gasteiger partial charge in [-0.25, -0.2) is 0 Å². The molecule has 134 valence electrons. The summed E-state index contributed by atoms with van der Waals surface area (Å²) in [5.41, 5.74) is 3.72. The minimum absolute atomic E-state index is 0.186. The number of nitrogens with one attached hydrogen (secondary N) is 1. The molecular weight excluding hydrogens is 322 g/mol. The molecule has 0 fully saturated rings. The Bertz CT molecular complexity index is 717. The van der Waals surface area contributed by atoms with Crippen LogP contribution in [-0.4, -0.2) is 37.4 Å². The number of benzene rings is 2. The number of hydrogen-bond acceptors (Lipinski definition) is 5. The number of hydrogen-bond donors (Lipinski definition) is 3. The summed E-state index contributed by atoms with van der Waals surface area (Å²) in [6.45, 7) is 0.701. The molecule has 1 heterocycles. The second-order valence-corrected chi connectivity index (χ2v) is 5.64. The lowest BCUT2D eigenvalue weighted by Gasteiger charge is -2.27. The van der Waals surface area contributed by atoms with E-state index in [1.807, 2.05) is 18.2 Å². The number of phenolic OH excluding ortho intramolecular Hbond substituents is 1. The van der Waals surface area contributed by atoms with Crippen molar-refractivity contribution in [1.29, 1.82) is 0 Å². The monoisotopic (exact) mass is 345 g/mol. The van der Waals surface area contributed by atoms with Crippen molar-refractivity contribution in [3.63, 3.8) is 0 Å². The largest absolute Gasteiger partial charge is 0.504 e. The molecule has 6 nitrogen and oxygen atoms in total. The Morgan fingerprint density at radius 2 is 1.96 bits per heavy atom. The van der Waals surface area contributed by atoms with E-state index in [2.05, 4.69) is 17.4 Å². The molecule has 0 saturated carbocycles. The van der Waals surface area contributed by atoms with Crippen LogP contribution in [-0.2, 0) is 17.6 Å². The van der Waals surface area contributed by atoms with Gasteiger partial charge >= 0.3 is 0 Å². The van der Waals surface area contributed by atoms with Gasteiger partial charge in [-0.1, -0.05) is 12.1 Å². The van der Waals surface area contributed by atoms with Crippen LogP contribution in [0.2, 0.25) is 0 Å². The number of rotatable bonds is 4. The average Bonchev–Trinajstić information content (AvgIpc) is 2.62. The summed E-state index contributed by atoms with van der Waals surface area (Å²) in [5.74, 6) is 1.60. The highest BCUT2D eigenvalue weighted by molar-refractivity contribution is 5.44. The number of aromatic hydroxyl groups is 1. The molecule has 0 aromatic heterocycles. The van der Waals surface area contributed by atoms with E-state index in [4.69, 9.17) is 19.4 Å². The fourth-order valence-corrected chi connectivity index (χ4v) is 3.04. The fourth-order valence-electron chi connectivity index (χ4n) is 3.04. The van der Waals surface area contributed by atoms with Crippen molar-refractivity contribution in [3.8, 4) is 17.2 Å². The summed E-state index contributed by atoms with van der Waals surface area (Å²) < 4.78 is 10.4. The standard InChI is InChI=1S/C18H21NO3.CH2O2/c1-21-14-4-5-15-13(11-14)7-8-19-16(15)9-12-3-6-18(22-2)17(20)10-12;2-1-3/h3-6,10-11,16,19-20H,7-9H2,1-2H3;1H,(H,2,3). The summed E-state index contributed by atoms with van der Waals surface area (Å²) >= 11 is 0. The first-order valence-corrected chi connectivity index (χ1v) is 7.96. The summed E-state index contributed by atoms with van der Waals surface area (Å²) in [7, 11) is 3.25. The quantitative estimate of drug-likeness (QED) is 0.738. The maximum absolute atomic E-state index is 9.92. The van der Waals surface area contributed by atoms with Crippen LogP contribution in [0.4, 0.5) is 0 Å². The second kappa shape index (κ2) is 8.94. The second-order valence-electron chi connectivity index (χ2n) is 5.64. The van der Waals surface area contributed by atoms with Gasteiger partial charge in [0.05, 0.1) is 14.2 Å². The minimum Gasteiger partial charge on any atom is -0.504 e. The molecular formula is C19H23NO5. The SMILES string of the molecule is COc1ccc2c(c1)CCNC2Cc1ccc(OC)c(O)c1.O=CO. The molecule has 2 aromatic carbocycles. The van der Waals surface area contributed by atoms with E-state index in [9.17, 15) is 5.11 Å². The van der Waals surface area contributed by atoms with E-state index < -0.39 is 0 Å². The van der Waals surface area contributed by atoms with Gasteiger partial charge < -0.3 is 25.0 Å². The van der Waals surface area contributed by atoms with Gasteiger partial charge in [0.15, 0.2) is 11.5 Å².